The van der Waals surface area contributed by atoms with Crippen molar-refractivity contribution >= 4 is 23.3 Å². The first-order chi connectivity index (χ1) is 10.1. The highest BCUT2D eigenvalue weighted by Crippen LogP contribution is 2.21. The first kappa shape index (κ1) is 14.8. The third kappa shape index (κ3) is 4.21. The number of carbonyl (C=O) groups excluding carboxylic acids is 1. The van der Waals surface area contributed by atoms with Crippen molar-refractivity contribution < 1.29 is 9.53 Å². The van der Waals surface area contributed by atoms with Gasteiger partial charge in [-0.15, -0.1) is 0 Å². The van der Waals surface area contributed by atoms with Gasteiger partial charge in [-0.3, -0.25) is 5.32 Å². The summed E-state index contributed by atoms with van der Waals surface area (Å²) in [6.45, 7) is 6.18. The molecule has 1 heterocycles. The Balaban J connectivity index is 2.05. The standard InChI is InChI=1S/C16H19N3O2/c1-4-21-16(20)19-15-8-7-13(10-17-15)18-14-9-11(2)5-6-12(14)3/h5-10,18H,4H2,1-3H3,(H,17,19,20). The maximum absolute atomic E-state index is 11.3. The van der Waals surface area contributed by atoms with Crippen molar-refractivity contribution in [2.75, 3.05) is 17.2 Å². The average Bonchev–Trinajstić information content (AvgIpc) is 2.45. The molecule has 0 aliphatic carbocycles. The second-order valence-corrected chi connectivity index (χ2v) is 4.72. The molecule has 1 aromatic carbocycles. The number of nitrogens with zero attached hydrogens (tertiary/aromatic N) is 1. The SMILES string of the molecule is CCOC(=O)Nc1ccc(Nc2cc(C)ccc2C)cn1. The van der Waals surface area contributed by atoms with Crippen molar-refractivity contribution in [3.05, 3.63) is 47.7 Å². The highest BCUT2D eigenvalue weighted by atomic mass is 16.5. The lowest BCUT2D eigenvalue weighted by atomic mass is 10.1. The van der Waals surface area contributed by atoms with Gasteiger partial charge in [0, 0.05) is 5.69 Å². The summed E-state index contributed by atoms with van der Waals surface area (Å²) in [7, 11) is 0. The number of rotatable bonds is 4. The van der Waals surface area contributed by atoms with E-state index in [-0.39, 0.29) is 0 Å². The molecule has 2 rings (SSSR count). The van der Waals surface area contributed by atoms with Crippen LogP contribution in [0.15, 0.2) is 36.5 Å². The van der Waals surface area contributed by atoms with Crippen LogP contribution in [0.3, 0.4) is 0 Å². The van der Waals surface area contributed by atoms with E-state index < -0.39 is 6.09 Å². The van der Waals surface area contributed by atoms with Gasteiger partial charge in [0.1, 0.15) is 5.82 Å². The van der Waals surface area contributed by atoms with Crippen LogP contribution in [0.5, 0.6) is 0 Å². The van der Waals surface area contributed by atoms with Crippen molar-refractivity contribution in [3.8, 4) is 0 Å². The lowest BCUT2D eigenvalue weighted by molar-refractivity contribution is 0.168. The number of carbonyl (C=O) groups is 1. The van der Waals surface area contributed by atoms with Crippen LogP contribution in [0.1, 0.15) is 18.1 Å². The van der Waals surface area contributed by atoms with Crippen LogP contribution in [0.25, 0.3) is 0 Å². The summed E-state index contributed by atoms with van der Waals surface area (Å²) in [5.41, 5.74) is 4.26. The minimum atomic E-state index is -0.500. The Morgan fingerprint density at radius 1 is 1.24 bits per heavy atom. The minimum Gasteiger partial charge on any atom is -0.450 e. The maximum Gasteiger partial charge on any atom is 0.412 e. The molecule has 2 N–H and O–H groups in total. The van der Waals surface area contributed by atoms with Gasteiger partial charge in [-0.1, -0.05) is 12.1 Å². The van der Waals surface area contributed by atoms with Gasteiger partial charge >= 0.3 is 6.09 Å². The number of aromatic nitrogens is 1. The number of hydrogen-bond donors (Lipinski definition) is 2. The van der Waals surface area contributed by atoms with Crippen molar-refractivity contribution in [2.24, 2.45) is 0 Å². The quantitative estimate of drug-likeness (QED) is 0.891. The molecule has 0 aliphatic rings. The largest absolute Gasteiger partial charge is 0.450 e. The molecule has 0 saturated heterocycles. The number of pyridine rings is 1. The monoisotopic (exact) mass is 285 g/mol. The number of nitrogens with one attached hydrogen (secondary N) is 2. The summed E-state index contributed by atoms with van der Waals surface area (Å²) in [6.07, 6.45) is 1.17. The van der Waals surface area contributed by atoms with E-state index in [1.165, 1.54) is 5.56 Å². The minimum absolute atomic E-state index is 0.331. The molecule has 21 heavy (non-hydrogen) atoms. The fourth-order valence-corrected chi connectivity index (χ4v) is 1.84. The van der Waals surface area contributed by atoms with Crippen molar-refractivity contribution in [1.29, 1.82) is 0 Å². The number of aryl methyl sites for hydroxylation is 2. The zero-order valence-electron chi connectivity index (χ0n) is 12.4. The fourth-order valence-electron chi connectivity index (χ4n) is 1.84. The zero-order chi connectivity index (χ0) is 15.2. The number of amides is 1. The van der Waals surface area contributed by atoms with E-state index in [9.17, 15) is 4.79 Å². The molecular weight excluding hydrogens is 266 g/mol. The Hall–Kier alpha value is -2.56. The Kier molecular flexibility index (Phi) is 4.77. The number of benzene rings is 1. The van der Waals surface area contributed by atoms with Gasteiger partial charge in [-0.2, -0.15) is 0 Å². The van der Waals surface area contributed by atoms with Crippen LogP contribution in [0.4, 0.5) is 22.0 Å². The lowest BCUT2D eigenvalue weighted by Gasteiger charge is -2.11. The fraction of sp³-hybridized carbons (Fsp3) is 0.250. The predicted octanol–water partition coefficient (Wildman–Crippen LogP) is 4.01. The molecule has 110 valence electrons. The van der Waals surface area contributed by atoms with Crippen LogP contribution < -0.4 is 10.6 Å². The highest BCUT2D eigenvalue weighted by molar-refractivity contribution is 5.83. The average molecular weight is 285 g/mol. The topological polar surface area (TPSA) is 63.2 Å². The molecule has 2 aromatic rings. The molecule has 0 unspecified atom stereocenters. The third-order valence-corrected chi connectivity index (χ3v) is 2.94. The van der Waals surface area contributed by atoms with Gasteiger partial charge < -0.3 is 10.1 Å². The molecule has 1 amide bonds. The van der Waals surface area contributed by atoms with E-state index in [0.717, 1.165) is 16.9 Å². The van der Waals surface area contributed by atoms with E-state index in [0.29, 0.717) is 12.4 Å². The second-order valence-electron chi connectivity index (χ2n) is 4.72. The van der Waals surface area contributed by atoms with Gasteiger partial charge in [-0.05, 0) is 50.1 Å². The van der Waals surface area contributed by atoms with Crippen LogP contribution in [0, 0.1) is 13.8 Å². The molecular formula is C16H19N3O2. The number of anilines is 3. The van der Waals surface area contributed by atoms with E-state index in [1.54, 1.807) is 19.2 Å². The molecule has 0 atom stereocenters. The van der Waals surface area contributed by atoms with Gasteiger partial charge in [0.25, 0.3) is 0 Å². The van der Waals surface area contributed by atoms with E-state index in [1.807, 2.05) is 13.0 Å². The van der Waals surface area contributed by atoms with Crippen LogP contribution >= 0.6 is 0 Å². The Bertz CT molecular complexity index is 624. The summed E-state index contributed by atoms with van der Waals surface area (Å²) >= 11 is 0. The molecule has 0 bridgehead atoms. The zero-order valence-corrected chi connectivity index (χ0v) is 12.4. The molecule has 0 spiro atoms. The van der Waals surface area contributed by atoms with Crippen molar-refractivity contribution in [3.63, 3.8) is 0 Å². The summed E-state index contributed by atoms with van der Waals surface area (Å²) in [5, 5.41) is 5.87. The Morgan fingerprint density at radius 3 is 2.71 bits per heavy atom. The highest BCUT2D eigenvalue weighted by Gasteiger charge is 2.04. The molecule has 0 aliphatic heterocycles. The van der Waals surface area contributed by atoms with E-state index in [4.69, 9.17) is 4.74 Å². The summed E-state index contributed by atoms with van der Waals surface area (Å²) < 4.78 is 4.79. The molecule has 0 radical (unpaired) electrons. The second kappa shape index (κ2) is 6.74. The predicted molar refractivity (Wildman–Crippen MR) is 84.1 cm³/mol. The van der Waals surface area contributed by atoms with Crippen molar-refractivity contribution in [1.82, 2.24) is 4.98 Å². The van der Waals surface area contributed by atoms with Crippen LogP contribution in [-0.4, -0.2) is 17.7 Å². The summed E-state index contributed by atoms with van der Waals surface area (Å²) in [4.78, 5) is 15.5. The van der Waals surface area contributed by atoms with E-state index in [2.05, 4.69) is 40.7 Å². The smallest absolute Gasteiger partial charge is 0.412 e. The third-order valence-electron chi connectivity index (χ3n) is 2.94. The summed E-state index contributed by atoms with van der Waals surface area (Å²) in [5.74, 6) is 0.458. The molecule has 5 nitrogen and oxygen atoms in total. The maximum atomic E-state index is 11.3. The van der Waals surface area contributed by atoms with Gasteiger partial charge in [-0.25, -0.2) is 9.78 Å². The summed E-state index contributed by atoms with van der Waals surface area (Å²) in [6, 6.07) is 9.81. The normalized spacial score (nSPS) is 10.0. The lowest BCUT2D eigenvalue weighted by Crippen LogP contribution is -2.14. The molecule has 5 heteroatoms. The van der Waals surface area contributed by atoms with Gasteiger partial charge in [0.15, 0.2) is 0 Å². The van der Waals surface area contributed by atoms with E-state index >= 15 is 0 Å². The first-order valence-electron chi connectivity index (χ1n) is 6.82. The van der Waals surface area contributed by atoms with Crippen molar-refractivity contribution in [2.45, 2.75) is 20.8 Å². The molecule has 0 fully saturated rings. The Morgan fingerprint density at radius 2 is 2.05 bits per heavy atom. The van der Waals surface area contributed by atoms with Crippen LogP contribution in [0.2, 0.25) is 0 Å². The Labute approximate surface area is 124 Å². The van der Waals surface area contributed by atoms with Crippen LogP contribution in [-0.2, 0) is 4.74 Å². The van der Waals surface area contributed by atoms with Gasteiger partial charge in [0.05, 0.1) is 18.5 Å². The molecule has 1 aromatic heterocycles. The number of ether oxygens (including phenoxy) is 1. The van der Waals surface area contributed by atoms with Gasteiger partial charge in [0.2, 0.25) is 0 Å². The number of hydrogen-bond acceptors (Lipinski definition) is 4. The molecule has 0 saturated carbocycles. The first-order valence-corrected chi connectivity index (χ1v) is 6.82.